The quantitative estimate of drug-likeness (QED) is 0.643. The zero-order chi connectivity index (χ0) is 24.9. The second kappa shape index (κ2) is 8.60. The second-order valence-corrected chi connectivity index (χ2v) is 12.4. The van der Waals surface area contributed by atoms with E-state index in [2.05, 4.69) is 26.1 Å². The van der Waals surface area contributed by atoms with E-state index in [1.165, 1.54) is 27.4 Å². The summed E-state index contributed by atoms with van der Waals surface area (Å²) in [6.45, 7) is 6.16. The average molecular weight is 495 g/mol. The Balaban J connectivity index is 1.39. The molecule has 0 radical (unpaired) electrons. The third kappa shape index (κ3) is 4.55. The number of urea groups is 1. The van der Waals surface area contributed by atoms with Gasteiger partial charge in [-0.1, -0.05) is 26.8 Å². The number of carbonyl (C=O) groups excluding carboxylic acids is 3. The van der Waals surface area contributed by atoms with Crippen molar-refractivity contribution in [2.45, 2.75) is 50.5 Å². The van der Waals surface area contributed by atoms with Crippen molar-refractivity contribution in [3.05, 3.63) is 30.1 Å². The van der Waals surface area contributed by atoms with Gasteiger partial charge >= 0.3 is 6.03 Å². The molecule has 4 rings (SSSR count). The summed E-state index contributed by atoms with van der Waals surface area (Å²) in [5, 5.41) is 2.86. The summed E-state index contributed by atoms with van der Waals surface area (Å²) in [5.74, 6) is -1.15. The summed E-state index contributed by atoms with van der Waals surface area (Å²) in [5.41, 5.74) is -1.08. The maximum absolute atomic E-state index is 13.5. The first-order chi connectivity index (χ1) is 15.8. The number of hydrogen-bond donors (Lipinski definition) is 1. The molecule has 186 valence electrons. The van der Waals surface area contributed by atoms with Crippen molar-refractivity contribution in [1.82, 2.24) is 19.4 Å². The van der Waals surface area contributed by atoms with Crippen LogP contribution in [0.2, 0.25) is 0 Å². The number of piperazine rings is 1. The molecule has 3 fully saturated rings. The van der Waals surface area contributed by atoms with Gasteiger partial charge in [0.1, 0.15) is 17.9 Å². The van der Waals surface area contributed by atoms with E-state index < -0.39 is 33.3 Å². The summed E-state index contributed by atoms with van der Waals surface area (Å²) in [6, 6.07) is 4.24. The lowest BCUT2D eigenvalue weighted by atomic mass is 9.64. The first-order valence-electron chi connectivity index (χ1n) is 11.5. The minimum absolute atomic E-state index is 0.0420. The monoisotopic (exact) mass is 494 g/mol. The van der Waals surface area contributed by atoms with Gasteiger partial charge in [-0.15, -0.1) is 0 Å². The van der Waals surface area contributed by atoms with Gasteiger partial charge in [-0.3, -0.25) is 14.5 Å². The highest BCUT2D eigenvalue weighted by atomic mass is 32.2. The average Bonchev–Trinajstić information content (AvgIpc) is 2.95. The van der Waals surface area contributed by atoms with Crippen LogP contribution in [0.25, 0.3) is 0 Å². The third-order valence-electron chi connectivity index (χ3n) is 6.94. The van der Waals surface area contributed by atoms with Crippen LogP contribution in [0.4, 0.5) is 9.18 Å². The molecule has 2 aliphatic heterocycles. The van der Waals surface area contributed by atoms with Gasteiger partial charge in [-0.2, -0.15) is 4.31 Å². The van der Waals surface area contributed by atoms with Gasteiger partial charge in [0.15, 0.2) is 0 Å². The number of nitrogens with zero attached hydrogens (tertiary/aromatic N) is 3. The fourth-order valence-corrected chi connectivity index (χ4v) is 7.29. The van der Waals surface area contributed by atoms with Gasteiger partial charge in [0.25, 0.3) is 5.91 Å². The van der Waals surface area contributed by atoms with Gasteiger partial charge in [0.05, 0.1) is 4.90 Å². The molecular formula is C23H31FN4O5S. The molecule has 2 heterocycles. The lowest BCUT2D eigenvalue weighted by Crippen LogP contribution is -2.55. The predicted molar refractivity (Wildman–Crippen MR) is 122 cm³/mol. The van der Waals surface area contributed by atoms with Gasteiger partial charge in [-0.05, 0) is 48.8 Å². The number of rotatable bonds is 4. The molecule has 1 aromatic carbocycles. The second-order valence-electron chi connectivity index (χ2n) is 10.5. The SMILES string of the molecule is C[C@@H]1CC(C)(C)C[C@]2(C1)NC(=O)N(CC(=O)N1CCN(S(=O)(=O)c3cccc(F)c3)CC1)C2=O. The first kappa shape index (κ1) is 24.6. The van der Waals surface area contributed by atoms with Crippen LogP contribution in [0.3, 0.4) is 0 Å². The van der Waals surface area contributed by atoms with E-state index in [1.807, 2.05) is 0 Å². The van der Waals surface area contributed by atoms with Gasteiger partial charge in [0.2, 0.25) is 15.9 Å². The van der Waals surface area contributed by atoms with E-state index in [0.29, 0.717) is 12.8 Å². The molecular weight excluding hydrogens is 463 g/mol. The lowest BCUT2D eigenvalue weighted by Gasteiger charge is -2.43. The van der Waals surface area contributed by atoms with Crippen LogP contribution in [0.5, 0.6) is 0 Å². The van der Waals surface area contributed by atoms with E-state index in [9.17, 15) is 27.2 Å². The number of benzene rings is 1. The highest BCUT2D eigenvalue weighted by molar-refractivity contribution is 7.89. The van der Waals surface area contributed by atoms with Crippen LogP contribution in [-0.2, 0) is 19.6 Å². The van der Waals surface area contributed by atoms with Crippen LogP contribution in [0, 0.1) is 17.2 Å². The normalized spacial score (nSPS) is 27.8. The summed E-state index contributed by atoms with van der Waals surface area (Å²) < 4.78 is 40.3. The Labute approximate surface area is 199 Å². The molecule has 2 atom stereocenters. The molecule has 11 heteroatoms. The van der Waals surface area contributed by atoms with Crippen LogP contribution in [0.15, 0.2) is 29.2 Å². The molecule has 1 aliphatic carbocycles. The summed E-state index contributed by atoms with van der Waals surface area (Å²) >= 11 is 0. The number of nitrogens with one attached hydrogen (secondary N) is 1. The molecule has 1 spiro atoms. The van der Waals surface area contributed by atoms with Gasteiger partial charge in [0, 0.05) is 26.2 Å². The topological polar surface area (TPSA) is 107 Å². The molecule has 9 nitrogen and oxygen atoms in total. The maximum Gasteiger partial charge on any atom is 0.325 e. The molecule has 0 unspecified atom stereocenters. The Morgan fingerprint density at radius 3 is 2.44 bits per heavy atom. The molecule has 1 saturated carbocycles. The molecule has 1 N–H and O–H groups in total. The Hall–Kier alpha value is -2.53. The molecule has 34 heavy (non-hydrogen) atoms. The Morgan fingerprint density at radius 1 is 1.15 bits per heavy atom. The third-order valence-corrected chi connectivity index (χ3v) is 8.84. The number of amides is 4. The lowest BCUT2D eigenvalue weighted by molar-refractivity contribution is -0.141. The largest absolute Gasteiger partial charge is 0.338 e. The highest BCUT2D eigenvalue weighted by Crippen LogP contribution is 2.46. The molecule has 1 aromatic rings. The van der Waals surface area contributed by atoms with Crippen molar-refractivity contribution in [3.8, 4) is 0 Å². The fourth-order valence-electron chi connectivity index (χ4n) is 5.84. The zero-order valence-corrected chi connectivity index (χ0v) is 20.5. The van der Waals surface area contributed by atoms with E-state index in [-0.39, 0.29) is 54.9 Å². The van der Waals surface area contributed by atoms with Gasteiger partial charge in [-0.25, -0.2) is 17.6 Å². The zero-order valence-electron chi connectivity index (χ0n) is 19.7. The standard InChI is InChI=1S/C23H31FN4O5S/c1-16-12-22(2,3)15-23(13-16)20(30)28(21(31)25-23)14-19(29)26-7-9-27(10-8-26)34(32,33)18-6-4-5-17(24)11-18/h4-6,11,16H,7-10,12-15H2,1-3H3,(H,25,31)/t16-,23+/m1/s1. The van der Waals surface area contributed by atoms with Crippen LogP contribution in [0.1, 0.15) is 40.0 Å². The number of carbonyl (C=O) groups is 3. The maximum atomic E-state index is 13.5. The number of sulfonamides is 1. The summed E-state index contributed by atoms with van der Waals surface area (Å²) in [7, 11) is -3.88. The first-order valence-corrected chi connectivity index (χ1v) is 12.9. The Bertz CT molecular complexity index is 1120. The van der Waals surface area contributed by atoms with E-state index in [0.717, 1.165) is 17.4 Å². The van der Waals surface area contributed by atoms with Crippen LogP contribution >= 0.6 is 0 Å². The van der Waals surface area contributed by atoms with Crippen molar-refractivity contribution in [2.24, 2.45) is 11.3 Å². The smallest absolute Gasteiger partial charge is 0.325 e. The van der Waals surface area contributed by atoms with Crippen LogP contribution in [-0.4, -0.2) is 78.6 Å². The number of hydrogen-bond acceptors (Lipinski definition) is 5. The predicted octanol–water partition coefficient (Wildman–Crippen LogP) is 1.80. The highest BCUT2D eigenvalue weighted by Gasteiger charge is 2.56. The molecule has 3 aliphatic rings. The van der Waals surface area contributed by atoms with Crippen molar-refractivity contribution in [1.29, 1.82) is 0 Å². The van der Waals surface area contributed by atoms with Crippen molar-refractivity contribution in [2.75, 3.05) is 32.7 Å². The van der Waals surface area contributed by atoms with E-state index in [1.54, 1.807) is 0 Å². The minimum atomic E-state index is -3.88. The molecule has 4 amide bonds. The number of imide groups is 1. The Morgan fingerprint density at radius 2 is 1.82 bits per heavy atom. The van der Waals surface area contributed by atoms with Crippen molar-refractivity contribution in [3.63, 3.8) is 0 Å². The minimum Gasteiger partial charge on any atom is -0.338 e. The summed E-state index contributed by atoms with van der Waals surface area (Å²) in [4.78, 5) is 41.2. The molecule has 0 aromatic heterocycles. The Kier molecular flexibility index (Phi) is 6.22. The van der Waals surface area contributed by atoms with Crippen molar-refractivity contribution >= 4 is 27.9 Å². The fraction of sp³-hybridized carbons (Fsp3) is 0.609. The van der Waals surface area contributed by atoms with E-state index in [4.69, 9.17) is 0 Å². The van der Waals surface area contributed by atoms with Crippen molar-refractivity contribution < 1.29 is 27.2 Å². The molecule has 0 bridgehead atoms. The number of halogens is 1. The van der Waals surface area contributed by atoms with Gasteiger partial charge < -0.3 is 10.2 Å². The van der Waals surface area contributed by atoms with E-state index >= 15 is 0 Å². The summed E-state index contributed by atoms with van der Waals surface area (Å²) in [6.07, 6.45) is 2.03. The molecule has 2 saturated heterocycles. The van der Waals surface area contributed by atoms with Crippen LogP contribution < -0.4 is 5.32 Å².